The van der Waals surface area contributed by atoms with Crippen molar-refractivity contribution in [3.63, 3.8) is 0 Å². The van der Waals surface area contributed by atoms with Crippen LogP contribution in [0.4, 0.5) is 0 Å². The van der Waals surface area contributed by atoms with E-state index in [1.165, 1.54) is 11.1 Å². The Morgan fingerprint density at radius 3 is 1.38 bits per heavy atom. The summed E-state index contributed by atoms with van der Waals surface area (Å²) < 4.78 is 0. The van der Waals surface area contributed by atoms with E-state index < -0.39 is 6.47 Å². The van der Waals surface area contributed by atoms with Crippen LogP contribution in [0.1, 0.15) is 0 Å². The molecule has 0 aliphatic heterocycles. The number of hydrogen-bond donors (Lipinski definition) is 0. The zero-order chi connectivity index (χ0) is 10.9. The van der Waals surface area contributed by atoms with E-state index in [1.54, 1.807) is 24.8 Å². The summed E-state index contributed by atoms with van der Waals surface area (Å²) in [5, 5.41) is 8.25. The summed E-state index contributed by atoms with van der Waals surface area (Å²) >= 11 is 0. The van der Waals surface area contributed by atoms with Crippen molar-refractivity contribution in [3.05, 3.63) is 49.1 Å². The fourth-order valence-corrected chi connectivity index (χ4v) is 1.09. The smallest absolute Gasteiger partial charge is 0.554 e. The van der Waals surface area contributed by atoms with E-state index in [0.717, 1.165) is 0 Å². The first-order chi connectivity index (χ1) is 7.38. The molecule has 0 amide bonds. The first-order valence-corrected chi connectivity index (χ1v) is 4.24. The van der Waals surface area contributed by atoms with E-state index in [2.05, 4.69) is 9.97 Å². The number of carbonyl (C=O) groups excluding carboxylic acids is 1. The predicted molar refractivity (Wildman–Crippen MR) is 53.5 cm³/mol. The van der Waals surface area contributed by atoms with Gasteiger partial charge in [0.25, 0.3) is 0 Å². The molecule has 0 aliphatic carbocycles. The van der Waals surface area contributed by atoms with Crippen LogP contribution < -0.4 is 24.0 Å². The van der Waals surface area contributed by atoms with Gasteiger partial charge in [0.2, 0.25) is 0 Å². The Bertz CT molecular complexity index is 358. The minimum atomic E-state index is -0.500. The summed E-state index contributed by atoms with van der Waals surface area (Å²) in [6, 6.07) is 7.93. The molecule has 0 fully saturated rings. The van der Waals surface area contributed by atoms with Crippen LogP contribution >= 0.6 is 0 Å². The van der Waals surface area contributed by atoms with Gasteiger partial charge in [0.15, 0.2) is 0 Å². The van der Waals surface area contributed by atoms with Crippen molar-refractivity contribution < 1.29 is 28.8 Å². The van der Waals surface area contributed by atoms with Crippen molar-refractivity contribution >= 4 is 6.47 Å². The van der Waals surface area contributed by atoms with Gasteiger partial charge in [-0.1, -0.05) is 0 Å². The van der Waals surface area contributed by atoms with Gasteiger partial charge in [0, 0.05) is 31.3 Å². The van der Waals surface area contributed by atoms with Gasteiger partial charge in [0.1, 0.15) is 0 Å². The summed E-state index contributed by atoms with van der Waals surface area (Å²) in [5.74, 6) is 0. The van der Waals surface area contributed by atoms with Crippen LogP contribution in [0, 0.1) is 0 Å². The summed E-state index contributed by atoms with van der Waals surface area (Å²) in [7, 11) is 0. The summed E-state index contributed by atoms with van der Waals surface area (Å²) in [5.41, 5.74) is 2.35. The van der Waals surface area contributed by atoms with Gasteiger partial charge in [0.05, 0.1) is 0 Å². The van der Waals surface area contributed by atoms with Crippen molar-refractivity contribution in [2.45, 2.75) is 0 Å². The molecule has 4 nitrogen and oxygen atoms in total. The number of rotatable bonds is 1. The van der Waals surface area contributed by atoms with Gasteiger partial charge >= 0.3 is 18.9 Å². The molecule has 0 unspecified atom stereocenters. The molecule has 2 rings (SSSR count). The Labute approximate surface area is 106 Å². The average molecular weight is 208 g/mol. The maximum Gasteiger partial charge on any atom is 1.00 e. The molecular formula is C11H9LiN2O2. The molecule has 0 bridgehead atoms. The molecule has 0 spiro atoms. The number of nitrogens with zero attached hydrogens (tertiary/aromatic N) is 2. The topological polar surface area (TPSA) is 65.9 Å². The van der Waals surface area contributed by atoms with Crippen molar-refractivity contribution in [3.8, 4) is 11.1 Å². The van der Waals surface area contributed by atoms with Gasteiger partial charge in [-0.2, -0.15) is 0 Å². The monoisotopic (exact) mass is 208 g/mol. The van der Waals surface area contributed by atoms with Gasteiger partial charge < -0.3 is 9.90 Å². The van der Waals surface area contributed by atoms with Gasteiger partial charge in [-0.3, -0.25) is 9.97 Å². The summed E-state index contributed by atoms with van der Waals surface area (Å²) in [6.07, 6.45) is 7.15. The molecular weight excluding hydrogens is 199 g/mol. The van der Waals surface area contributed by atoms with Crippen molar-refractivity contribution in [1.29, 1.82) is 0 Å². The Morgan fingerprint density at radius 2 is 1.12 bits per heavy atom. The maximum atomic E-state index is 8.25. The SMILES string of the molecule is O=C[O-].[Li+].c1cc(-c2ccncc2)ccn1. The summed E-state index contributed by atoms with van der Waals surface area (Å²) in [6.45, 7) is -0.500. The second kappa shape index (κ2) is 8.66. The molecule has 0 atom stereocenters. The van der Waals surface area contributed by atoms with Crippen LogP contribution in [-0.4, -0.2) is 16.4 Å². The largest absolute Gasteiger partial charge is 1.00 e. The van der Waals surface area contributed by atoms with Gasteiger partial charge in [-0.05, 0) is 35.4 Å². The molecule has 0 saturated carbocycles. The fraction of sp³-hybridized carbons (Fsp3) is 0. The van der Waals surface area contributed by atoms with E-state index in [1.807, 2.05) is 24.3 Å². The molecule has 0 aliphatic rings. The predicted octanol–water partition coefficient (Wildman–Crippen LogP) is -2.49. The summed E-state index contributed by atoms with van der Waals surface area (Å²) in [4.78, 5) is 16.2. The van der Waals surface area contributed by atoms with Crippen molar-refractivity contribution in [2.24, 2.45) is 0 Å². The molecule has 0 radical (unpaired) electrons. The Hall–Kier alpha value is -1.63. The number of hydrogen-bond acceptors (Lipinski definition) is 4. The van der Waals surface area contributed by atoms with Crippen LogP contribution in [0.5, 0.6) is 0 Å². The Morgan fingerprint density at radius 1 is 0.875 bits per heavy atom. The maximum absolute atomic E-state index is 8.25. The van der Waals surface area contributed by atoms with Crippen molar-refractivity contribution in [1.82, 2.24) is 9.97 Å². The second-order valence-corrected chi connectivity index (χ2v) is 2.57. The third-order valence-corrected chi connectivity index (χ3v) is 1.69. The number of carbonyl (C=O) groups is 1. The van der Waals surface area contributed by atoms with E-state index in [0.29, 0.717) is 0 Å². The van der Waals surface area contributed by atoms with E-state index >= 15 is 0 Å². The minimum Gasteiger partial charge on any atom is -0.554 e. The fourth-order valence-electron chi connectivity index (χ4n) is 1.09. The van der Waals surface area contributed by atoms with E-state index in [-0.39, 0.29) is 18.9 Å². The van der Waals surface area contributed by atoms with E-state index in [9.17, 15) is 0 Å². The van der Waals surface area contributed by atoms with Crippen molar-refractivity contribution in [2.75, 3.05) is 0 Å². The van der Waals surface area contributed by atoms with Gasteiger partial charge in [-0.25, -0.2) is 0 Å². The normalized spacial score (nSPS) is 8.00. The number of aromatic nitrogens is 2. The first kappa shape index (κ1) is 14.4. The Balaban J connectivity index is 0.000000511. The third-order valence-electron chi connectivity index (χ3n) is 1.69. The molecule has 76 valence electrons. The molecule has 2 heterocycles. The first-order valence-electron chi connectivity index (χ1n) is 4.24. The van der Waals surface area contributed by atoms with Crippen LogP contribution in [0.2, 0.25) is 0 Å². The average Bonchev–Trinajstić information content (AvgIpc) is 2.32. The molecule has 16 heavy (non-hydrogen) atoms. The third kappa shape index (κ3) is 4.74. The molecule has 5 heteroatoms. The van der Waals surface area contributed by atoms with E-state index in [4.69, 9.17) is 9.90 Å². The zero-order valence-electron chi connectivity index (χ0n) is 8.91. The minimum absolute atomic E-state index is 0. The number of pyridine rings is 2. The molecule has 0 N–H and O–H groups in total. The molecule has 2 aromatic rings. The standard InChI is InChI=1S/C10H8N2.CH2O2.Li/c1-5-11-6-2-9(1)10-3-7-12-8-4-10;2-1-3;/h1-8H;1H,(H,2,3);/q;;+1/p-1. The Kier molecular flexibility index (Phi) is 7.77. The second-order valence-electron chi connectivity index (χ2n) is 2.57. The quantitative estimate of drug-likeness (QED) is 0.384. The molecule has 0 saturated heterocycles. The van der Waals surface area contributed by atoms with Crippen LogP contribution in [0.25, 0.3) is 11.1 Å². The zero-order valence-corrected chi connectivity index (χ0v) is 8.91. The van der Waals surface area contributed by atoms with Crippen LogP contribution in [-0.2, 0) is 4.79 Å². The molecule has 0 aromatic carbocycles. The molecule has 2 aromatic heterocycles. The van der Waals surface area contributed by atoms with Gasteiger partial charge in [-0.15, -0.1) is 0 Å². The number of carboxylic acid groups (broad SMARTS) is 1. The van der Waals surface area contributed by atoms with Crippen LogP contribution in [0.3, 0.4) is 0 Å². The van der Waals surface area contributed by atoms with Crippen LogP contribution in [0.15, 0.2) is 49.1 Å².